The van der Waals surface area contributed by atoms with Crippen LogP contribution in [0.2, 0.25) is 0 Å². The van der Waals surface area contributed by atoms with Crippen LogP contribution in [0.25, 0.3) is 0 Å². The largest absolute Gasteiger partial charge is 0.325 e. The van der Waals surface area contributed by atoms with E-state index in [-0.39, 0.29) is 0 Å². The van der Waals surface area contributed by atoms with E-state index in [1.54, 1.807) is 10.6 Å². The minimum atomic E-state index is 0.454. The molecule has 0 fully saturated rings. The molecule has 0 saturated heterocycles. The fourth-order valence-corrected chi connectivity index (χ4v) is 1.76. The van der Waals surface area contributed by atoms with E-state index in [9.17, 15) is 4.79 Å². The molecular weight excluding hydrogens is 212 g/mol. The number of imidazole rings is 1. The van der Waals surface area contributed by atoms with Crippen molar-refractivity contribution in [2.45, 2.75) is 13.0 Å². The second kappa shape index (κ2) is 5.25. The Morgan fingerprint density at radius 2 is 2.06 bits per heavy atom. The summed E-state index contributed by atoms with van der Waals surface area (Å²) in [5, 5.41) is 0. The number of aldehydes is 1. The first-order valence-corrected chi connectivity index (χ1v) is 5.49. The Bertz CT molecular complexity index is 514. The first-order valence-electron chi connectivity index (χ1n) is 5.49. The van der Waals surface area contributed by atoms with E-state index in [4.69, 9.17) is 0 Å². The molecule has 3 heteroatoms. The molecule has 0 saturated carbocycles. The second-order valence-electron chi connectivity index (χ2n) is 3.81. The van der Waals surface area contributed by atoms with Crippen molar-refractivity contribution in [1.82, 2.24) is 9.55 Å². The molecule has 2 rings (SSSR count). The van der Waals surface area contributed by atoms with E-state index < -0.39 is 0 Å². The van der Waals surface area contributed by atoms with E-state index >= 15 is 0 Å². The van der Waals surface area contributed by atoms with E-state index in [1.165, 1.54) is 5.56 Å². The Hall–Kier alpha value is -2.16. The maximum absolute atomic E-state index is 10.9. The molecule has 86 valence electrons. The van der Waals surface area contributed by atoms with Gasteiger partial charge in [-0.15, -0.1) is 6.58 Å². The molecule has 3 nitrogen and oxygen atoms in total. The first kappa shape index (κ1) is 11.3. The number of rotatable bonds is 5. The van der Waals surface area contributed by atoms with Crippen molar-refractivity contribution in [3.05, 3.63) is 66.3 Å². The van der Waals surface area contributed by atoms with Gasteiger partial charge in [-0.05, 0) is 5.56 Å². The lowest BCUT2D eigenvalue weighted by Gasteiger charge is -1.97. The summed E-state index contributed by atoms with van der Waals surface area (Å²) < 4.78 is 1.80. The average molecular weight is 226 g/mol. The molecule has 0 N–H and O–H groups in total. The second-order valence-corrected chi connectivity index (χ2v) is 3.81. The number of hydrogen-bond donors (Lipinski definition) is 0. The fraction of sp³-hybridized carbons (Fsp3) is 0.143. The van der Waals surface area contributed by atoms with Crippen LogP contribution in [0, 0.1) is 0 Å². The molecule has 0 aliphatic heterocycles. The van der Waals surface area contributed by atoms with Crippen LogP contribution in [-0.4, -0.2) is 15.8 Å². The van der Waals surface area contributed by atoms with Gasteiger partial charge >= 0.3 is 0 Å². The zero-order chi connectivity index (χ0) is 12.1. The van der Waals surface area contributed by atoms with Crippen LogP contribution in [-0.2, 0) is 13.0 Å². The maximum atomic E-state index is 10.9. The van der Waals surface area contributed by atoms with E-state index in [0.29, 0.717) is 12.4 Å². The van der Waals surface area contributed by atoms with Crippen molar-refractivity contribution < 1.29 is 4.79 Å². The average Bonchev–Trinajstić information content (AvgIpc) is 2.73. The van der Waals surface area contributed by atoms with Crippen molar-refractivity contribution in [1.29, 1.82) is 0 Å². The van der Waals surface area contributed by atoms with Crippen molar-refractivity contribution in [2.75, 3.05) is 0 Å². The highest BCUT2D eigenvalue weighted by Gasteiger charge is 2.06. The lowest BCUT2D eigenvalue weighted by Crippen LogP contribution is -1.98. The van der Waals surface area contributed by atoms with Crippen LogP contribution in [0.4, 0.5) is 0 Å². The van der Waals surface area contributed by atoms with Crippen LogP contribution in [0.3, 0.4) is 0 Å². The third kappa shape index (κ3) is 2.69. The molecular formula is C14H14N2O. The molecule has 0 unspecified atom stereocenters. The Labute approximate surface area is 100 Å². The molecule has 0 spiro atoms. The Balaban J connectivity index is 2.22. The van der Waals surface area contributed by atoms with Gasteiger partial charge in [0.05, 0.1) is 5.69 Å². The summed E-state index contributed by atoms with van der Waals surface area (Å²) in [6.45, 7) is 4.27. The summed E-state index contributed by atoms with van der Waals surface area (Å²) in [6.07, 6.45) is 5.17. The first-order chi connectivity index (χ1) is 8.33. The molecule has 17 heavy (non-hydrogen) atoms. The molecule has 1 heterocycles. The predicted molar refractivity (Wildman–Crippen MR) is 67.1 cm³/mol. The lowest BCUT2D eigenvalue weighted by molar-refractivity contribution is 0.111. The van der Waals surface area contributed by atoms with Crippen LogP contribution in [0.15, 0.2) is 49.2 Å². The van der Waals surface area contributed by atoms with Crippen LogP contribution >= 0.6 is 0 Å². The third-order valence-corrected chi connectivity index (χ3v) is 2.52. The number of carbonyl (C=O) groups excluding carboxylic acids is 1. The molecule has 0 bridgehead atoms. The van der Waals surface area contributed by atoms with Crippen molar-refractivity contribution in [3.8, 4) is 0 Å². The van der Waals surface area contributed by atoms with E-state index in [2.05, 4.69) is 11.6 Å². The van der Waals surface area contributed by atoms with E-state index in [1.807, 2.05) is 36.5 Å². The Morgan fingerprint density at radius 1 is 1.29 bits per heavy atom. The number of nitrogens with zero attached hydrogens (tertiary/aromatic N) is 2. The van der Waals surface area contributed by atoms with Gasteiger partial charge in [-0.3, -0.25) is 4.79 Å². The predicted octanol–water partition coefficient (Wildman–Crippen LogP) is 2.47. The molecule has 0 atom stereocenters. The number of benzene rings is 1. The van der Waals surface area contributed by atoms with Crippen LogP contribution in [0.5, 0.6) is 0 Å². The van der Waals surface area contributed by atoms with Gasteiger partial charge in [0.1, 0.15) is 0 Å². The summed E-state index contributed by atoms with van der Waals surface area (Å²) in [6, 6.07) is 10.1. The smallest absolute Gasteiger partial charge is 0.185 e. The highest BCUT2D eigenvalue weighted by atomic mass is 16.1. The Morgan fingerprint density at radius 3 is 2.71 bits per heavy atom. The van der Waals surface area contributed by atoms with Gasteiger partial charge in [-0.2, -0.15) is 0 Å². The molecule has 1 aromatic heterocycles. The van der Waals surface area contributed by atoms with Crippen LogP contribution < -0.4 is 0 Å². The summed E-state index contributed by atoms with van der Waals surface area (Å²) in [4.78, 5) is 15.1. The lowest BCUT2D eigenvalue weighted by atomic mass is 10.1. The summed E-state index contributed by atoms with van der Waals surface area (Å²) in [7, 11) is 0. The standard InChI is InChI=1S/C14H14N2O/c1-2-8-16-10-13(15-14(16)11-17)9-12-6-4-3-5-7-12/h2-7,10-11H,1,8-9H2. The fourth-order valence-electron chi connectivity index (χ4n) is 1.76. The van der Waals surface area contributed by atoms with Gasteiger partial charge in [-0.1, -0.05) is 36.4 Å². The Kier molecular flexibility index (Phi) is 3.50. The molecule has 2 aromatic rings. The highest BCUT2D eigenvalue weighted by molar-refractivity contribution is 5.69. The summed E-state index contributed by atoms with van der Waals surface area (Å²) in [5.74, 6) is 0.454. The number of allylic oxidation sites excluding steroid dienone is 1. The molecule has 1 aromatic carbocycles. The van der Waals surface area contributed by atoms with Gasteiger partial charge in [-0.25, -0.2) is 4.98 Å². The summed E-state index contributed by atoms with van der Waals surface area (Å²) in [5.41, 5.74) is 2.09. The SMILES string of the molecule is C=CCn1cc(Cc2ccccc2)nc1C=O. The number of hydrogen-bond acceptors (Lipinski definition) is 2. The monoisotopic (exact) mass is 226 g/mol. The zero-order valence-electron chi connectivity index (χ0n) is 9.54. The van der Waals surface area contributed by atoms with Gasteiger partial charge in [0, 0.05) is 19.2 Å². The number of aromatic nitrogens is 2. The topological polar surface area (TPSA) is 34.9 Å². The quantitative estimate of drug-likeness (QED) is 0.580. The normalized spacial score (nSPS) is 10.1. The van der Waals surface area contributed by atoms with Gasteiger partial charge in [0.15, 0.2) is 12.1 Å². The van der Waals surface area contributed by atoms with Gasteiger partial charge < -0.3 is 4.57 Å². The zero-order valence-corrected chi connectivity index (χ0v) is 9.54. The minimum Gasteiger partial charge on any atom is -0.325 e. The number of carbonyl (C=O) groups is 1. The van der Waals surface area contributed by atoms with Crippen molar-refractivity contribution >= 4 is 6.29 Å². The molecule has 0 radical (unpaired) electrons. The van der Waals surface area contributed by atoms with Gasteiger partial charge in [0.25, 0.3) is 0 Å². The minimum absolute atomic E-state index is 0.454. The highest BCUT2D eigenvalue weighted by Crippen LogP contribution is 2.09. The molecule has 0 amide bonds. The van der Waals surface area contributed by atoms with E-state index in [0.717, 1.165) is 18.4 Å². The molecule has 0 aliphatic rings. The summed E-state index contributed by atoms with van der Waals surface area (Å²) >= 11 is 0. The van der Waals surface area contributed by atoms with Crippen molar-refractivity contribution in [3.63, 3.8) is 0 Å². The third-order valence-electron chi connectivity index (χ3n) is 2.52. The van der Waals surface area contributed by atoms with Gasteiger partial charge in [0.2, 0.25) is 0 Å². The molecule has 0 aliphatic carbocycles. The van der Waals surface area contributed by atoms with Crippen molar-refractivity contribution in [2.24, 2.45) is 0 Å². The van der Waals surface area contributed by atoms with Crippen LogP contribution in [0.1, 0.15) is 21.9 Å². The maximum Gasteiger partial charge on any atom is 0.185 e.